The third-order valence-corrected chi connectivity index (χ3v) is 5.40. The lowest BCUT2D eigenvalue weighted by atomic mass is 10.0. The molecular formula is C17H26N2OS. The number of nitrogens with zero attached hydrogens (tertiary/aromatic N) is 1. The van der Waals surface area contributed by atoms with Gasteiger partial charge in [-0.05, 0) is 52.2 Å². The van der Waals surface area contributed by atoms with Gasteiger partial charge in [0, 0.05) is 24.0 Å². The van der Waals surface area contributed by atoms with E-state index in [0.29, 0.717) is 0 Å². The molecular weight excluding hydrogens is 280 g/mol. The van der Waals surface area contributed by atoms with Crippen LogP contribution in [0.3, 0.4) is 0 Å². The maximum absolute atomic E-state index is 12.8. The van der Waals surface area contributed by atoms with Gasteiger partial charge >= 0.3 is 0 Å². The molecule has 1 saturated heterocycles. The molecule has 1 amide bonds. The van der Waals surface area contributed by atoms with Gasteiger partial charge in [-0.15, -0.1) is 11.8 Å². The van der Waals surface area contributed by atoms with Crippen molar-refractivity contribution in [3.63, 3.8) is 0 Å². The molecule has 0 aliphatic carbocycles. The Hall–Kier alpha value is -1.00. The highest BCUT2D eigenvalue weighted by Crippen LogP contribution is 2.36. The van der Waals surface area contributed by atoms with Crippen molar-refractivity contribution in [3.8, 4) is 0 Å². The van der Waals surface area contributed by atoms with Crippen molar-refractivity contribution in [3.05, 3.63) is 29.3 Å². The fraction of sp³-hybridized carbons (Fsp3) is 0.588. The number of rotatable bonds is 3. The first-order valence-electron chi connectivity index (χ1n) is 7.61. The number of hydrogen-bond acceptors (Lipinski definition) is 3. The van der Waals surface area contributed by atoms with Crippen molar-refractivity contribution in [2.75, 3.05) is 13.1 Å². The maximum Gasteiger partial charge on any atom is 0.238 e. The summed E-state index contributed by atoms with van der Waals surface area (Å²) in [5.74, 6) is 0.223. The van der Waals surface area contributed by atoms with E-state index in [1.165, 1.54) is 16.0 Å². The Bertz CT molecular complexity index is 520. The second-order valence-electron chi connectivity index (χ2n) is 6.51. The van der Waals surface area contributed by atoms with Gasteiger partial charge in [0.15, 0.2) is 0 Å². The molecule has 0 radical (unpaired) electrons. The lowest BCUT2D eigenvalue weighted by molar-refractivity contribution is -0.134. The molecule has 0 bridgehead atoms. The SMILES string of the molecule is Cc1ccc(C)c(SC(C)(C)C(=O)N2CCC(N)CC2)c1. The lowest BCUT2D eigenvalue weighted by Crippen LogP contribution is -2.49. The second kappa shape index (κ2) is 6.41. The summed E-state index contributed by atoms with van der Waals surface area (Å²) in [7, 11) is 0. The Morgan fingerprint density at radius 3 is 2.52 bits per heavy atom. The van der Waals surface area contributed by atoms with Crippen LogP contribution < -0.4 is 5.73 Å². The molecule has 2 N–H and O–H groups in total. The number of amides is 1. The van der Waals surface area contributed by atoms with E-state index in [4.69, 9.17) is 5.73 Å². The number of thioether (sulfide) groups is 1. The summed E-state index contributed by atoms with van der Waals surface area (Å²) >= 11 is 1.67. The molecule has 1 aromatic carbocycles. The van der Waals surface area contributed by atoms with Gasteiger partial charge in [0.05, 0.1) is 4.75 Å². The smallest absolute Gasteiger partial charge is 0.238 e. The Kier molecular flexibility index (Phi) is 4.99. The van der Waals surface area contributed by atoms with Crippen LogP contribution in [-0.4, -0.2) is 34.7 Å². The van der Waals surface area contributed by atoms with Crippen molar-refractivity contribution in [2.24, 2.45) is 5.73 Å². The number of piperidine rings is 1. The number of likely N-dealkylation sites (tertiary alicyclic amines) is 1. The van der Waals surface area contributed by atoms with E-state index >= 15 is 0 Å². The Labute approximate surface area is 132 Å². The number of carbonyl (C=O) groups is 1. The van der Waals surface area contributed by atoms with Crippen molar-refractivity contribution >= 4 is 17.7 Å². The van der Waals surface area contributed by atoms with E-state index < -0.39 is 4.75 Å². The van der Waals surface area contributed by atoms with E-state index in [9.17, 15) is 4.79 Å². The molecule has 1 aromatic rings. The molecule has 1 fully saturated rings. The summed E-state index contributed by atoms with van der Waals surface area (Å²) < 4.78 is -0.444. The van der Waals surface area contributed by atoms with Crippen LogP contribution >= 0.6 is 11.8 Å². The zero-order valence-corrected chi connectivity index (χ0v) is 14.3. The fourth-order valence-electron chi connectivity index (χ4n) is 2.62. The van der Waals surface area contributed by atoms with Gasteiger partial charge in [-0.3, -0.25) is 4.79 Å². The van der Waals surface area contributed by atoms with Gasteiger partial charge in [0.25, 0.3) is 0 Å². The lowest BCUT2D eigenvalue weighted by Gasteiger charge is -2.36. The molecule has 1 aliphatic rings. The van der Waals surface area contributed by atoms with E-state index in [2.05, 4.69) is 32.0 Å². The first-order valence-corrected chi connectivity index (χ1v) is 8.42. The zero-order chi connectivity index (χ0) is 15.6. The van der Waals surface area contributed by atoms with Crippen LogP contribution in [0.25, 0.3) is 0 Å². The van der Waals surface area contributed by atoms with Crippen LogP contribution in [0.1, 0.15) is 37.8 Å². The number of nitrogens with two attached hydrogens (primary N) is 1. The summed E-state index contributed by atoms with van der Waals surface area (Å²) in [5, 5.41) is 0. The standard InChI is InChI=1S/C17H26N2OS/c1-12-5-6-13(2)15(11-12)21-17(3,4)16(20)19-9-7-14(18)8-10-19/h5-6,11,14H,7-10,18H2,1-4H3. The molecule has 0 spiro atoms. The van der Waals surface area contributed by atoms with Crippen molar-refractivity contribution in [2.45, 2.75) is 56.2 Å². The van der Waals surface area contributed by atoms with E-state index in [1.54, 1.807) is 11.8 Å². The molecule has 0 saturated carbocycles. The number of benzene rings is 1. The summed E-state index contributed by atoms with van der Waals surface area (Å²) in [6.07, 6.45) is 1.83. The van der Waals surface area contributed by atoms with Gasteiger partial charge in [-0.25, -0.2) is 0 Å². The first kappa shape index (κ1) is 16.4. The predicted octanol–water partition coefficient (Wildman–Crippen LogP) is 3.12. The number of aryl methyl sites for hydroxylation is 2. The third-order valence-electron chi connectivity index (χ3n) is 4.05. The van der Waals surface area contributed by atoms with Crippen LogP contribution in [0.4, 0.5) is 0 Å². The molecule has 0 atom stereocenters. The summed E-state index contributed by atoms with van der Waals surface area (Å²) in [6, 6.07) is 6.66. The van der Waals surface area contributed by atoms with Crippen LogP contribution in [0.15, 0.2) is 23.1 Å². The minimum absolute atomic E-state index is 0.223. The van der Waals surface area contributed by atoms with Crippen LogP contribution in [0, 0.1) is 13.8 Å². The van der Waals surface area contributed by atoms with Crippen molar-refractivity contribution in [1.82, 2.24) is 4.90 Å². The van der Waals surface area contributed by atoms with Crippen molar-refractivity contribution < 1.29 is 4.79 Å². The summed E-state index contributed by atoms with van der Waals surface area (Å²) in [5.41, 5.74) is 8.38. The monoisotopic (exact) mass is 306 g/mol. The summed E-state index contributed by atoms with van der Waals surface area (Å²) in [6.45, 7) is 9.81. The molecule has 0 unspecified atom stereocenters. The van der Waals surface area contributed by atoms with Crippen molar-refractivity contribution in [1.29, 1.82) is 0 Å². The van der Waals surface area contributed by atoms with Gasteiger partial charge in [0.2, 0.25) is 5.91 Å². The highest BCUT2D eigenvalue weighted by molar-refractivity contribution is 8.01. The largest absolute Gasteiger partial charge is 0.341 e. The van der Waals surface area contributed by atoms with Crippen LogP contribution in [-0.2, 0) is 4.79 Å². The van der Waals surface area contributed by atoms with Crippen LogP contribution in [0.2, 0.25) is 0 Å². The van der Waals surface area contributed by atoms with Gasteiger partial charge in [0.1, 0.15) is 0 Å². The molecule has 4 heteroatoms. The zero-order valence-electron chi connectivity index (χ0n) is 13.5. The Balaban J connectivity index is 2.10. The molecule has 1 heterocycles. The summed E-state index contributed by atoms with van der Waals surface area (Å²) in [4.78, 5) is 16.0. The molecule has 2 rings (SSSR count). The molecule has 116 valence electrons. The Morgan fingerprint density at radius 2 is 1.90 bits per heavy atom. The van der Waals surface area contributed by atoms with Gasteiger partial charge in [-0.1, -0.05) is 17.7 Å². The maximum atomic E-state index is 12.8. The van der Waals surface area contributed by atoms with E-state index in [0.717, 1.165) is 25.9 Å². The molecule has 1 aliphatic heterocycles. The average Bonchev–Trinajstić information content (AvgIpc) is 2.43. The Morgan fingerprint density at radius 1 is 1.29 bits per heavy atom. The van der Waals surface area contributed by atoms with E-state index in [-0.39, 0.29) is 11.9 Å². The van der Waals surface area contributed by atoms with Gasteiger partial charge in [-0.2, -0.15) is 0 Å². The second-order valence-corrected chi connectivity index (χ2v) is 8.18. The third kappa shape index (κ3) is 4.01. The molecule has 3 nitrogen and oxygen atoms in total. The topological polar surface area (TPSA) is 46.3 Å². The highest BCUT2D eigenvalue weighted by Gasteiger charge is 2.34. The quantitative estimate of drug-likeness (QED) is 0.873. The predicted molar refractivity (Wildman–Crippen MR) is 89.6 cm³/mol. The first-order chi connectivity index (χ1) is 9.79. The fourth-order valence-corrected chi connectivity index (χ4v) is 3.86. The number of hydrogen-bond donors (Lipinski definition) is 1. The number of carbonyl (C=O) groups excluding carboxylic acids is 1. The van der Waals surface area contributed by atoms with E-state index in [1.807, 2.05) is 18.7 Å². The van der Waals surface area contributed by atoms with Gasteiger partial charge < -0.3 is 10.6 Å². The average molecular weight is 306 g/mol. The molecule has 0 aromatic heterocycles. The van der Waals surface area contributed by atoms with Crippen LogP contribution in [0.5, 0.6) is 0 Å². The normalized spacial score (nSPS) is 17.1. The minimum Gasteiger partial charge on any atom is -0.341 e. The highest BCUT2D eigenvalue weighted by atomic mass is 32.2. The minimum atomic E-state index is -0.444. The molecule has 21 heavy (non-hydrogen) atoms.